The molecule has 0 aromatic heterocycles. The van der Waals surface area contributed by atoms with Crippen LogP contribution in [0, 0.1) is 16.7 Å². The van der Waals surface area contributed by atoms with Crippen LogP contribution < -0.4 is 0 Å². The molecule has 0 unspecified atom stereocenters. The normalized spacial score (nSPS) is 10.0. The summed E-state index contributed by atoms with van der Waals surface area (Å²) in [5, 5.41) is 17.8. The molecule has 0 bridgehead atoms. The van der Waals surface area contributed by atoms with Crippen molar-refractivity contribution in [1.82, 2.24) is 4.90 Å². The van der Waals surface area contributed by atoms with Gasteiger partial charge in [-0.25, -0.2) is 0 Å². The van der Waals surface area contributed by atoms with E-state index in [1.165, 1.54) is 6.34 Å². The quantitative estimate of drug-likeness (QED) is 0.626. The van der Waals surface area contributed by atoms with Gasteiger partial charge in [0.15, 0.2) is 0 Å². The lowest BCUT2D eigenvalue weighted by Crippen LogP contribution is -2.13. The van der Waals surface area contributed by atoms with E-state index in [9.17, 15) is 0 Å². The van der Waals surface area contributed by atoms with Gasteiger partial charge in [0.05, 0.1) is 18.0 Å². The monoisotopic (exact) mass is 231 g/mol. The summed E-state index contributed by atoms with van der Waals surface area (Å²) in [6.07, 6.45) is 5.11. The zero-order chi connectivity index (χ0) is 11.8. The maximum Gasteiger partial charge on any atom is 0.0991 e. The van der Waals surface area contributed by atoms with Crippen LogP contribution in [-0.4, -0.2) is 17.5 Å². The van der Waals surface area contributed by atoms with Crippen molar-refractivity contribution in [1.29, 1.82) is 10.7 Å². The minimum Gasteiger partial charge on any atom is -0.335 e. The third kappa shape index (κ3) is 3.79. The molecular formula is C12H13N3S. The molecule has 0 aliphatic rings. The molecule has 82 valence electrons. The highest BCUT2D eigenvalue weighted by atomic mass is 32.2. The second kappa shape index (κ2) is 6.70. The first kappa shape index (κ1) is 12.3. The Hall–Kier alpha value is -1.73. The van der Waals surface area contributed by atoms with Crippen molar-refractivity contribution in [2.24, 2.45) is 0 Å². The lowest BCUT2D eigenvalue weighted by molar-refractivity contribution is 0.566. The van der Waals surface area contributed by atoms with Crippen LogP contribution in [0.1, 0.15) is 11.1 Å². The fourth-order valence-electron chi connectivity index (χ4n) is 1.18. The fraction of sp³-hybridized carbons (Fsp3) is 0.167. The average molecular weight is 231 g/mol. The van der Waals surface area contributed by atoms with E-state index in [4.69, 9.17) is 10.7 Å². The van der Waals surface area contributed by atoms with E-state index in [-0.39, 0.29) is 0 Å². The van der Waals surface area contributed by atoms with E-state index >= 15 is 0 Å². The number of nitrogens with zero attached hydrogens (tertiary/aromatic N) is 2. The van der Waals surface area contributed by atoms with Crippen molar-refractivity contribution in [3.05, 3.63) is 47.0 Å². The molecule has 0 amide bonds. The lowest BCUT2D eigenvalue weighted by Gasteiger charge is -2.13. The maximum absolute atomic E-state index is 8.66. The number of nitrogens with one attached hydrogen (secondary N) is 1. The number of hydrogen-bond donors (Lipinski definition) is 1. The molecule has 0 radical (unpaired) electrons. The highest BCUT2D eigenvalue weighted by Crippen LogP contribution is 2.07. The summed E-state index contributed by atoms with van der Waals surface area (Å²) in [4.78, 5) is 1.78. The first-order valence-electron chi connectivity index (χ1n) is 4.75. The SMILES string of the molecule is CS/C=C\N(C=N)Cc1ccc(C#N)cc1. The lowest BCUT2D eigenvalue weighted by atomic mass is 10.1. The number of benzene rings is 1. The summed E-state index contributed by atoms with van der Waals surface area (Å²) in [7, 11) is 0. The molecule has 0 atom stereocenters. The number of hydrogen-bond acceptors (Lipinski definition) is 3. The zero-order valence-corrected chi connectivity index (χ0v) is 9.87. The molecule has 0 saturated carbocycles. The molecule has 0 aliphatic heterocycles. The first-order valence-corrected chi connectivity index (χ1v) is 6.04. The van der Waals surface area contributed by atoms with Gasteiger partial charge in [-0.3, -0.25) is 5.41 Å². The number of nitriles is 1. The number of thioether (sulfide) groups is 1. The Morgan fingerprint density at radius 2 is 2.12 bits per heavy atom. The topological polar surface area (TPSA) is 50.9 Å². The smallest absolute Gasteiger partial charge is 0.0991 e. The van der Waals surface area contributed by atoms with Gasteiger partial charge in [-0.2, -0.15) is 5.26 Å². The molecule has 0 fully saturated rings. The molecule has 1 N–H and O–H groups in total. The predicted octanol–water partition coefficient (Wildman–Crippen LogP) is 2.80. The summed E-state index contributed by atoms with van der Waals surface area (Å²) in [5.41, 5.74) is 1.73. The second-order valence-electron chi connectivity index (χ2n) is 3.13. The van der Waals surface area contributed by atoms with Crippen LogP contribution in [0.3, 0.4) is 0 Å². The molecule has 0 aliphatic carbocycles. The van der Waals surface area contributed by atoms with Gasteiger partial charge in [-0.05, 0) is 29.4 Å². The van der Waals surface area contributed by atoms with Crippen LogP contribution in [-0.2, 0) is 6.54 Å². The van der Waals surface area contributed by atoms with E-state index in [0.29, 0.717) is 12.1 Å². The summed E-state index contributed by atoms with van der Waals surface area (Å²) < 4.78 is 0. The van der Waals surface area contributed by atoms with E-state index in [1.807, 2.05) is 30.0 Å². The van der Waals surface area contributed by atoms with E-state index in [2.05, 4.69) is 6.07 Å². The van der Waals surface area contributed by atoms with Gasteiger partial charge in [-0.15, -0.1) is 11.8 Å². The van der Waals surface area contributed by atoms with Gasteiger partial charge in [0, 0.05) is 12.7 Å². The van der Waals surface area contributed by atoms with Crippen LogP contribution in [0.15, 0.2) is 35.9 Å². The van der Waals surface area contributed by atoms with Crippen LogP contribution in [0.5, 0.6) is 0 Å². The maximum atomic E-state index is 8.66. The average Bonchev–Trinajstić information content (AvgIpc) is 2.35. The van der Waals surface area contributed by atoms with Crippen LogP contribution in [0.2, 0.25) is 0 Å². The molecule has 16 heavy (non-hydrogen) atoms. The van der Waals surface area contributed by atoms with Gasteiger partial charge in [-0.1, -0.05) is 12.1 Å². The molecular weight excluding hydrogens is 218 g/mol. The molecule has 1 aromatic carbocycles. The summed E-state index contributed by atoms with van der Waals surface area (Å²) in [6.45, 7) is 0.645. The molecule has 4 heteroatoms. The van der Waals surface area contributed by atoms with Crippen molar-refractivity contribution < 1.29 is 0 Å². The Morgan fingerprint density at radius 1 is 1.44 bits per heavy atom. The van der Waals surface area contributed by atoms with Gasteiger partial charge < -0.3 is 4.90 Å². The standard InChI is InChI=1S/C12H13N3S/c1-16-7-6-15(10-14)9-12-4-2-11(8-13)3-5-12/h2-7,10,14H,9H2,1H3/b7-6-,14-10?. The van der Waals surface area contributed by atoms with Crippen LogP contribution in [0.4, 0.5) is 0 Å². The van der Waals surface area contributed by atoms with Crippen molar-refractivity contribution in [2.45, 2.75) is 6.54 Å². The Morgan fingerprint density at radius 3 is 2.62 bits per heavy atom. The van der Waals surface area contributed by atoms with Crippen molar-refractivity contribution in [2.75, 3.05) is 6.26 Å². The molecule has 0 heterocycles. The van der Waals surface area contributed by atoms with Crippen molar-refractivity contribution in [3.8, 4) is 6.07 Å². The molecule has 3 nitrogen and oxygen atoms in total. The summed E-state index contributed by atoms with van der Waals surface area (Å²) >= 11 is 1.59. The van der Waals surface area contributed by atoms with Crippen molar-refractivity contribution in [3.63, 3.8) is 0 Å². The Kier molecular flexibility index (Phi) is 5.17. The van der Waals surface area contributed by atoms with Gasteiger partial charge in [0.1, 0.15) is 0 Å². The molecule has 1 aromatic rings. The molecule has 0 spiro atoms. The van der Waals surface area contributed by atoms with Crippen LogP contribution >= 0.6 is 11.8 Å². The zero-order valence-electron chi connectivity index (χ0n) is 9.05. The Balaban J connectivity index is 2.67. The Bertz CT molecular complexity index is 403. The Labute approximate surface area is 99.9 Å². The fourth-order valence-corrected chi connectivity index (χ4v) is 1.45. The minimum absolute atomic E-state index is 0.645. The molecule has 0 saturated heterocycles. The third-order valence-electron chi connectivity index (χ3n) is 2.00. The first-order chi connectivity index (χ1) is 7.80. The van der Waals surface area contributed by atoms with Gasteiger partial charge in [0.25, 0.3) is 0 Å². The highest BCUT2D eigenvalue weighted by Gasteiger charge is 1.98. The van der Waals surface area contributed by atoms with Crippen LogP contribution in [0.25, 0.3) is 0 Å². The second-order valence-corrected chi connectivity index (χ2v) is 3.87. The van der Waals surface area contributed by atoms with Gasteiger partial charge >= 0.3 is 0 Å². The predicted molar refractivity (Wildman–Crippen MR) is 68.1 cm³/mol. The van der Waals surface area contributed by atoms with E-state index in [1.54, 1.807) is 28.8 Å². The van der Waals surface area contributed by atoms with E-state index < -0.39 is 0 Å². The van der Waals surface area contributed by atoms with E-state index in [0.717, 1.165) is 5.56 Å². The largest absolute Gasteiger partial charge is 0.335 e. The summed E-state index contributed by atoms with van der Waals surface area (Å²) in [5.74, 6) is 0. The number of rotatable bonds is 5. The minimum atomic E-state index is 0.645. The summed E-state index contributed by atoms with van der Waals surface area (Å²) in [6, 6.07) is 9.46. The highest BCUT2D eigenvalue weighted by molar-refractivity contribution is 8.01. The third-order valence-corrected chi connectivity index (χ3v) is 2.40. The van der Waals surface area contributed by atoms with Gasteiger partial charge in [0.2, 0.25) is 0 Å². The molecule has 1 rings (SSSR count). The van der Waals surface area contributed by atoms with Crippen molar-refractivity contribution >= 4 is 18.1 Å².